The maximum atomic E-state index is 5.10. The molecule has 0 bridgehead atoms. The monoisotopic (exact) mass is 599 g/mol. The van der Waals surface area contributed by atoms with Gasteiger partial charge in [-0.05, 0) is 75.3 Å². The fraction of sp³-hybridized carbons (Fsp3) is 0.0682. The molecule has 0 saturated heterocycles. The Kier molecular flexibility index (Phi) is 4.66. The third-order valence-electron chi connectivity index (χ3n) is 10.8. The number of fused-ring (bicyclic) bond motifs is 14. The van der Waals surface area contributed by atoms with Crippen LogP contribution in [0, 0.1) is 0 Å². The van der Waals surface area contributed by atoms with E-state index < -0.39 is 0 Å². The number of nitrogens with zero attached hydrogens (tertiary/aromatic N) is 3. The van der Waals surface area contributed by atoms with Crippen LogP contribution in [0.4, 0.5) is 0 Å². The van der Waals surface area contributed by atoms with E-state index in [2.05, 4.69) is 162 Å². The van der Waals surface area contributed by atoms with Gasteiger partial charge in [0.05, 0.1) is 27.6 Å². The lowest BCUT2D eigenvalue weighted by Gasteiger charge is -2.35. The summed E-state index contributed by atoms with van der Waals surface area (Å²) in [6.07, 6.45) is 0. The molecule has 0 unspecified atom stereocenters. The highest BCUT2D eigenvalue weighted by Gasteiger charge is 2.35. The second-order valence-corrected chi connectivity index (χ2v) is 13.6. The van der Waals surface area contributed by atoms with Crippen molar-refractivity contribution in [2.24, 2.45) is 0 Å². The molecular weight excluding hydrogens is 571 g/mol. The van der Waals surface area contributed by atoms with E-state index in [9.17, 15) is 0 Å². The average molecular weight is 600 g/mol. The number of hydrogen-bond donors (Lipinski definition) is 0. The van der Waals surface area contributed by atoms with Crippen LogP contribution >= 0.6 is 0 Å². The predicted molar refractivity (Wildman–Crippen MR) is 197 cm³/mol. The van der Waals surface area contributed by atoms with Crippen molar-refractivity contribution < 1.29 is 0 Å². The van der Waals surface area contributed by atoms with Gasteiger partial charge in [0.2, 0.25) is 0 Å². The van der Waals surface area contributed by atoms with E-state index in [1.165, 1.54) is 65.6 Å². The highest BCUT2D eigenvalue weighted by molar-refractivity contribution is 6.23. The van der Waals surface area contributed by atoms with Gasteiger partial charge in [-0.1, -0.05) is 111 Å². The Labute approximate surface area is 270 Å². The van der Waals surface area contributed by atoms with E-state index in [0.717, 1.165) is 33.3 Å². The average Bonchev–Trinajstić information content (AvgIpc) is 3.66. The Morgan fingerprint density at radius 3 is 2.15 bits per heavy atom. The van der Waals surface area contributed by atoms with Gasteiger partial charge in [0.1, 0.15) is 5.65 Å². The third-order valence-corrected chi connectivity index (χ3v) is 10.8. The van der Waals surface area contributed by atoms with Crippen molar-refractivity contribution in [3.05, 3.63) is 151 Å². The van der Waals surface area contributed by atoms with Crippen molar-refractivity contribution in [3.8, 4) is 16.8 Å². The van der Waals surface area contributed by atoms with Gasteiger partial charge < -0.3 is 4.57 Å². The molecule has 0 radical (unpaired) electrons. The molecule has 0 amide bonds. The van der Waals surface area contributed by atoms with E-state index in [4.69, 9.17) is 4.98 Å². The number of hydrogen-bond acceptors (Lipinski definition) is 1. The van der Waals surface area contributed by atoms with Gasteiger partial charge >= 0.3 is 0 Å². The van der Waals surface area contributed by atoms with Gasteiger partial charge in [0.25, 0.3) is 0 Å². The van der Waals surface area contributed by atoms with Crippen molar-refractivity contribution in [3.63, 3.8) is 0 Å². The molecule has 0 N–H and O–H groups in total. The molecule has 3 nitrogen and oxygen atoms in total. The minimum absolute atomic E-state index is 0.103. The highest BCUT2D eigenvalue weighted by Crippen LogP contribution is 2.52. The van der Waals surface area contributed by atoms with Crippen LogP contribution in [0.5, 0.6) is 0 Å². The molecule has 7 aromatic carbocycles. The maximum absolute atomic E-state index is 5.10. The first-order valence-electron chi connectivity index (χ1n) is 16.4. The lowest BCUT2D eigenvalue weighted by Crippen LogP contribution is -2.23. The summed E-state index contributed by atoms with van der Waals surface area (Å²) >= 11 is 0. The smallest absolute Gasteiger partial charge is 0.146 e. The number of rotatable bonds is 1. The third kappa shape index (κ3) is 3.09. The molecule has 3 aromatic heterocycles. The SMILES string of the molecule is CC1(C)c2ccccc2-c2c3c1cccc3cc1c3ccccc3n(-c3ccc4c(c3)c3ccccc3c3nc5ccccc5n43)c21. The zero-order valence-corrected chi connectivity index (χ0v) is 26.1. The molecule has 11 rings (SSSR count). The van der Waals surface area contributed by atoms with Crippen molar-refractivity contribution in [2.45, 2.75) is 19.3 Å². The fourth-order valence-corrected chi connectivity index (χ4v) is 8.78. The molecule has 0 aliphatic heterocycles. The van der Waals surface area contributed by atoms with Crippen LogP contribution in [0.2, 0.25) is 0 Å². The summed E-state index contributed by atoms with van der Waals surface area (Å²) in [4.78, 5) is 5.10. The van der Waals surface area contributed by atoms with Gasteiger partial charge in [-0.15, -0.1) is 0 Å². The van der Waals surface area contributed by atoms with E-state index in [1.54, 1.807) is 0 Å². The lowest BCUT2D eigenvalue weighted by molar-refractivity contribution is 0.645. The van der Waals surface area contributed by atoms with Crippen LogP contribution in [0.15, 0.2) is 140 Å². The van der Waals surface area contributed by atoms with Crippen molar-refractivity contribution in [1.82, 2.24) is 14.0 Å². The molecular formula is C44H29N3. The number of aromatic nitrogens is 3. The first kappa shape index (κ1) is 25.3. The van der Waals surface area contributed by atoms with E-state index in [-0.39, 0.29) is 5.41 Å². The molecule has 10 aromatic rings. The zero-order valence-electron chi connectivity index (χ0n) is 26.1. The Bertz CT molecular complexity index is 2990. The molecule has 3 heteroatoms. The summed E-state index contributed by atoms with van der Waals surface area (Å²) < 4.78 is 4.86. The summed E-state index contributed by atoms with van der Waals surface area (Å²) in [5.74, 6) is 0. The van der Waals surface area contributed by atoms with Crippen molar-refractivity contribution in [1.29, 1.82) is 0 Å². The van der Waals surface area contributed by atoms with Crippen molar-refractivity contribution in [2.75, 3.05) is 0 Å². The first-order valence-corrected chi connectivity index (χ1v) is 16.4. The molecule has 220 valence electrons. The number of imidazole rings is 1. The zero-order chi connectivity index (χ0) is 31.0. The fourth-order valence-electron chi connectivity index (χ4n) is 8.78. The standard InChI is InChI=1S/C44H29N3/c1-44(2)34-17-7-5-16-31(34)41-40-26(12-11-18-35(40)44)24-33-29-14-6-9-20-37(29)46(42(33)41)27-22-23-38-32(25-27)28-13-3-4-15-30(28)43-45-36-19-8-10-21-39(36)47(38)43/h3-25H,1-2H3. The molecule has 0 atom stereocenters. The topological polar surface area (TPSA) is 22.2 Å². The van der Waals surface area contributed by atoms with E-state index in [0.29, 0.717) is 0 Å². The molecule has 0 saturated carbocycles. The van der Waals surface area contributed by atoms with Gasteiger partial charge in [-0.3, -0.25) is 4.40 Å². The van der Waals surface area contributed by atoms with Crippen LogP contribution < -0.4 is 0 Å². The summed E-state index contributed by atoms with van der Waals surface area (Å²) in [7, 11) is 0. The van der Waals surface area contributed by atoms with Gasteiger partial charge in [-0.25, -0.2) is 4.98 Å². The number of pyridine rings is 1. The van der Waals surface area contributed by atoms with Crippen LogP contribution in [0.25, 0.3) is 87.7 Å². The van der Waals surface area contributed by atoms with Gasteiger partial charge in [0.15, 0.2) is 0 Å². The van der Waals surface area contributed by atoms with Crippen LogP contribution in [-0.4, -0.2) is 14.0 Å². The minimum Gasteiger partial charge on any atom is -0.309 e. The first-order chi connectivity index (χ1) is 23.1. The minimum atomic E-state index is -0.103. The largest absolute Gasteiger partial charge is 0.309 e. The summed E-state index contributed by atoms with van der Waals surface area (Å²) in [5, 5.41) is 8.83. The molecule has 47 heavy (non-hydrogen) atoms. The molecule has 3 heterocycles. The van der Waals surface area contributed by atoms with Gasteiger partial charge in [0, 0.05) is 38.2 Å². The van der Waals surface area contributed by atoms with E-state index in [1.807, 2.05) is 0 Å². The second-order valence-electron chi connectivity index (χ2n) is 13.6. The molecule has 0 spiro atoms. The molecule has 1 aliphatic carbocycles. The second kappa shape index (κ2) is 8.65. The summed E-state index contributed by atoms with van der Waals surface area (Å²) in [6, 6.07) is 51.4. The van der Waals surface area contributed by atoms with Crippen molar-refractivity contribution >= 4 is 70.9 Å². The van der Waals surface area contributed by atoms with Crippen LogP contribution in [0.1, 0.15) is 25.0 Å². The normalized spacial score (nSPS) is 13.9. The highest BCUT2D eigenvalue weighted by atomic mass is 15.0. The lowest BCUT2D eigenvalue weighted by atomic mass is 9.68. The number of benzene rings is 7. The van der Waals surface area contributed by atoms with Crippen LogP contribution in [0.3, 0.4) is 0 Å². The Balaban J connectivity index is 1.35. The number of para-hydroxylation sites is 3. The predicted octanol–water partition coefficient (Wildman–Crippen LogP) is 11.4. The van der Waals surface area contributed by atoms with E-state index >= 15 is 0 Å². The van der Waals surface area contributed by atoms with Crippen LogP contribution in [-0.2, 0) is 5.41 Å². The Hall–Kier alpha value is -5.93. The maximum Gasteiger partial charge on any atom is 0.146 e. The summed E-state index contributed by atoms with van der Waals surface area (Å²) in [6.45, 7) is 4.75. The summed E-state index contributed by atoms with van der Waals surface area (Å²) in [5.41, 5.74) is 13.3. The Morgan fingerprint density at radius 1 is 0.532 bits per heavy atom. The van der Waals surface area contributed by atoms with Gasteiger partial charge in [-0.2, -0.15) is 0 Å². The quantitative estimate of drug-likeness (QED) is 0.172. The molecule has 0 fully saturated rings. The molecule has 1 aliphatic rings. The Morgan fingerprint density at radius 2 is 1.26 bits per heavy atom.